The second-order valence-electron chi connectivity index (χ2n) is 5.46. The molecule has 114 valence electrons. The van der Waals surface area contributed by atoms with Crippen molar-refractivity contribution in [3.63, 3.8) is 0 Å². The van der Waals surface area contributed by atoms with Gasteiger partial charge in [-0.2, -0.15) is 0 Å². The molecule has 1 rings (SSSR count). The van der Waals surface area contributed by atoms with Gasteiger partial charge in [-0.1, -0.05) is 25.8 Å². The van der Waals surface area contributed by atoms with Gasteiger partial charge in [0, 0.05) is 18.6 Å². The van der Waals surface area contributed by atoms with Crippen molar-refractivity contribution in [2.24, 2.45) is 5.73 Å². The van der Waals surface area contributed by atoms with E-state index in [2.05, 4.69) is 25.7 Å². The van der Waals surface area contributed by atoms with Gasteiger partial charge in [-0.15, -0.1) is 0 Å². The van der Waals surface area contributed by atoms with Gasteiger partial charge in [0.05, 0.1) is 0 Å². The molecule has 1 aromatic carbocycles. The third-order valence-electron chi connectivity index (χ3n) is 3.64. The Hall–Kier alpha value is -1.00. The Kier molecular flexibility index (Phi) is 7.10. The van der Waals surface area contributed by atoms with Crippen LogP contribution in [0.1, 0.15) is 51.6 Å². The largest absolute Gasteiger partial charge is 0.329 e. The van der Waals surface area contributed by atoms with Crippen LogP contribution in [-0.2, 0) is 0 Å². The first kappa shape index (κ1) is 17.1. The highest BCUT2D eigenvalue weighted by Crippen LogP contribution is 2.24. The van der Waals surface area contributed by atoms with Crippen LogP contribution in [0.5, 0.6) is 0 Å². The summed E-state index contributed by atoms with van der Waals surface area (Å²) in [6.07, 6.45) is 3.41. The van der Waals surface area contributed by atoms with Crippen molar-refractivity contribution < 1.29 is 8.78 Å². The van der Waals surface area contributed by atoms with Crippen molar-refractivity contribution in [1.82, 2.24) is 4.90 Å². The van der Waals surface area contributed by atoms with Crippen molar-refractivity contribution in [3.05, 3.63) is 35.4 Å². The van der Waals surface area contributed by atoms with Crippen molar-refractivity contribution in [3.8, 4) is 0 Å². The van der Waals surface area contributed by atoms with Gasteiger partial charge < -0.3 is 5.73 Å². The number of halogens is 2. The third-order valence-corrected chi connectivity index (χ3v) is 3.64. The molecule has 0 aliphatic rings. The normalized spacial score (nSPS) is 13.2. The summed E-state index contributed by atoms with van der Waals surface area (Å²) in [5.74, 6) is -1.62. The van der Waals surface area contributed by atoms with Gasteiger partial charge in [-0.3, -0.25) is 4.90 Å². The first-order valence-electron chi connectivity index (χ1n) is 7.42. The van der Waals surface area contributed by atoms with Gasteiger partial charge in [0.15, 0.2) is 11.6 Å². The highest BCUT2D eigenvalue weighted by Gasteiger charge is 2.22. The lowest BCUT2D eigenvalue weighted by atomic mass is 10.0. The van der Waals surface area contributed by atoms with E-state index in [1.165, 1.54) is 12.1 Å². The molecule has 0 aliphatic carbocycles. The van der Waals surface area contributed by atoms with Crippen LogP contribution >= 0.6 is 0 Å². The maximum absolute atomic E-state index is 13.4. The fraction of sp³-hybridized carbons (Fsp3) is 0.625. The topological polar surface area (TPSA) is 29.3 Å². The van der Waals surface area contributed by atoms with Crippen LogP contribution in [0.4, 0.5) is 8.78 Å². The van der Waals surface area contributed by atoms with Gasteiger partial charge >= 0.3 is 0 Å². The van der Waals surface area contributed by atoms with E-state index >= 15 is 0 Å². The van der Waals surface area contributed by atoms with Crippen LogP contribution in [0, 0.1) is 11.6 Å². The SMILES string of the molecule is CCCCCN(C(C)C)C(CN)c1ccc(F)c(F)c1. The molecule has 1 aromatic rings. The molecule has 0 spiro atoms. The minimum Gasteiger partial charge on any atom is -0.329 e. The van der Waals surface area contributed by atoms with E-state index < -0.39 is 11.6 Å². The van der Waals surface area contributed by atoms with Gasteiger partial charge in [0.2, 0.25) is 0 Å². The molecular formula is C16H26F2N2. The number of unbranched alkanes of at least 4 members (excludes halogenated alkanes) is 2. The molecule has 0 radical (unpaired) electrons. The van der Waals surface area contributed by atoms with Crippen LogP contribution in [0.25, 0.3) is 0 Å². The summed E-state index contributed by atoms with van der Waals surface area (Å²) in [7, 11) is 0. The zero-order valence-electron chi connectivity index (χ0n) is 12.7. The van der Waals surface area contributed by atoms with E-state index in [-0.39, 0.29) is 6.04 Å². The molecule has 0 saturated heterocycles. The Balaban J connectivity index is 2.91. The maximum atomic E-state index is 13.4. The molecule has 0 aliphatic heterocycles. The number of nitrogens with zero attached hydrogens (tertiary/aromatic N) is 1. The Morgan fingerprint density at radius 1 is 1.15 bits per heavy atom. The van der Waals surface area contributed by atoms with Crippen LogP contribution < -0.4 is 5.73 Å². The smallest absolute Gasteiger partial charge is 0.159 e. The van der Waals surface area contributed by atoms with Crippen LogP contribution in [-0.4, -0.2) is 24.0 Å². The fourth-order valence-electron chi connectivity index (χ4n) is 2.50. The predicted octanol–water partition coefficient (Wildman–Crippen LogP) is 3.87. The van der Waals surface area contributed by atoms with Crippen LogP contribution in [0.3, 0.4) is 0 Å². The molecule has 20 heavy (non-hydrogen) atoms. The third kappa shape index (κ3) is 4.53. The first-order chi connectivity index (χ1) is 9.51. The first-order valence-corrected chi connectivity index (χ1v) is 7.42. The molecule has 0 saturated carbocycles. The van der Waals surface area contributed by atoms with Gasteiger partial charge in [0.25, 0.3) is 0 Å². The van der Waals surface area contributed by atoms with Crippen LogP contribution in [0.2, 0.25) is 0 Å². The lowest BCUT2D eigenvalue weighted by Gasteiger charge is -2.34. The van der Waals surface area contributed by atoms with Crippen molar-refractivity contribution >= 4 is 0 Å². The average molecular weight is 284 g/mol. The molecule has 1 atom stereocenters. The highest BCUT2D eigenvalue weighted by atomic mass is 19.2. The molecular weight excluding hydrogens is 258 g/mol. The zero-order chi connectivity index (χ0) is 15.1. The Morgan fingerprint density at radius 3 is 2.35 bits per heavy atom. The highest BCUT2D eigenvalue weighted by molar-refractivity contribution is 5.22. The zero-order valence-corrected chi connectivity index (χ0v) is 12.7. The minimum absolute atomic E-state index is 0.0676. The molecule has 0 fully saturated rings. The second-order valence-corrected chi connectivity index (χ2v) is 5.46. The molecule has 4 heteroatoms. The monoisotopic (exact) mass is 284 g/mol. The summed E-state index contributed by atoms with van der Waals surface area (Å²) in [6, 6.07) is 4.32. The summed E-state index contributed by atoms with van der Waals surface area (Å²) in [5.41, 5.74) is 6.62. The molecule has 1 unspecified atom stereocenters. The molecule has 0 aromatic heterocycles. The quantitative estimate of drug-likeness (QED) is 0.734. The van der Waals surface area contributed by atoms with Gasteiger partial charge in [-0.05, 0) is 44.5 Å². The molecule has 0 heterocycles. The Bertz CT molecular complexity index is 407. The summed E-state index contributed by atoms with van der Waals surface area (Å²) in [4.78, 5) is 2.27. The standard InChI is InChI=1S/C16H26F2N2/c1-4-5-6-9-20(12(2)3)16(11-19)13-7-8-14(17)15(18)10-13/h7-8,10,12,16H,4-6,9,11,19H2,1-3H3. The van der Waals surface area contributed by atoms with E-state index in [1.807, 2.05) is 0 Å². The summed E-state index contributed by atoms with van der Waals surface area (Å²) < 4.78 is 26.5. The average Bonchev–Trinajstić information content (AvgIpc) is 2.41. The number of hydrogen-bond donors (Lipinski definition) is 1. The summed E-state index contributed by atoms with van der Waals surface area (Å²) >= 11 is 0. The lowest BCUT2D eigenvalue weighted by Crippen LogP contribution is -2.39. The maximum Gasteiger partial charge on any atom is 0.159 e. The molecule has 2 N–H and O–H groups in total. The predicted molar refractivity (Wildman–Crippen MR) is 79.5 cm³/mol. The Morgan fingerprint density at radius 2 is 1.85 bits per heavy atom. The minimum atomic E-state index is -0.813. The lowest BCUT2D eigenvalue weighted by molar-refractivity contribution is 0.153. The number of hydrogen-bond acceptors (Lipinski definition) is 2. The number of nitrogens with two attached hydrogens (primary N) is 1. The van der Waals surface area contributed by atoms with Crippen molar-refractivity contribution in [2.75, 3.05) is 13.1 Å². The van der Waals surface area contributed by atoms with Crippen molar-refractivity contribution in [1.29, 1.82) is 0 Å². The summed E-state index contributed by atoms with van der Waals surface area (Å²) in [5, 5.41) is 0. The van der Waals surface area contributed by atoms with Crippen LogP contribution in [0.15, 0.2) is 18.2 Å². The van der Waals surface area contributed by atoms with Crippen molar-refractivity contribution in [2.45, 2.75) is 52.1 Å². The molecule has 0 amide bonds. The van der Waals surface area contributed by atoms with E-state index in [4.69, 9.17) is 5.73 Å². The molecule has 0 bridgehead atoms. The van der Waals surface area contributed by atoms with E-state index in [0.717, 1.165) is 31.4 Å². The van der Waals surface area contributed by atoms with Gasteiger partial charge in [0.1, 0.15) is 0 Å². The van der Waals surface area contributed by atoms with E-state index in [1.54, 1.807) is 6.07 Å². The Labute approximate surface area is 121 Å². The molecule has 2 nitrogen and oxygen atoms in total. The van der Waals surface area contributed by atoms with E-state index in [0.29, 0.717) is 12.6 Å². The fourth-order valence-corrected chi connectivity index (χ4v) is 2.50. The summed E-state index contributed by atoms with van der Waals surface area (Å²) in [6.45, 7) is 7.69. The van der Waals surface area contributed by atoms with Gasteiger partial charge in [-0.25, -0.2) is 8.78 Å². The number of benzene rings is 1. The van der Waals surface area contributed by atoms with E-state index in [9.17, 15) is 8.78 Å². The number of rotatable bonds is 8. The second kappa shape index (κ2) is 8.32.